The molecule has 1 aromatic rings. The Hall–Kier alpha value is -2.02. The Balaban J connectivity index is 2.32. The van der Waals surface area contributed by atoms with Crippen LogP contribution in [0.2, 0.25) is 0 Å². The number of esters is 1. The first-order chi connectivity index (χ1) is 7.76. The highest BCUT2D eigenvalue weighted by atomic mass is 16.5. The van der Waals surface area contributed by atoms with E-state index in [1.165, 1.54) is 7.11 Å². The van der Waals surface area contributed by atoms with E-state index in [-0.39, 0.29) is 5.97 Å². The van der Waals surface area contributed by atoms with Gasteiger partial charge in [0.25, 0.3) is 0 Å². The molecule has 0 saturated heterocycles. The van der Waals surface area contributed by atoms with Gasteiger partial charge in [0, 0.05) is 6.42 Å². The molecule has 0 aliphatic carbocycles. The second kappa shape index (κ2) is 6.46. The largest absolute Gasteiger partial charge is 0.494 e. The number of rotatable bonds is 5. The lowest BCUT2D eigenvalue weighted by Crippen LogP contribution is -2.04. The zero-order valence-corrected chi connectivity index (χ0v) is 9.10. The van der Waals surface area contributed by atoms with E-state index in [0.29, 0.717) is 30.8 Å². The van der Waals surface area contributed by atoms with Crippen molar-refractivity contribution in [3.05, 3.63) is 29.8 Å². The molecule has 0 aliphatic rings. The summed E-state index contributed by atoms with van der Waals surface area (Å²) in [5.74, 6) is 0.401. The van der Waals surface area contributed by atoms with Gasteiger partial charge in [-0.1, -0.05) is 6.07 Å². The van der Waals surface area contributed by atoms with Crippen molar-refractivity contribution in [3.8, 4) is 11.8 Å². The monoisotopic (exact) mass is 219 g/mol. The minimum atomic E-state index is -0.241. The molecule has 0 saturated carbocycles. The third-order valence-electron chi connectivity index (χ3n) is 1.98. The van der Waals surface area contributed by atoms with E-state index < -0.39 is 0 Å². The van der Waals surface area contributed by atoms with Crippen molar-refractivity contribution >= 4 is 5.97 Å². The molecule has 1 rings (SSSR count). The third-order valence-corrected chi connectivity index (χ3v) is 1.98. The normalized spacial score (nSPS) is 9.25. The zero-order valence-electron chi connectivity index (χ0n) is 9.10. The van der Waals surface area contributed by atoms with Gasteiger partial charge in [-0.2, -0.15) is 5.26 Å². The Kier molecular flexibility index (Phi) is 4.87. The second-order valence-electron chi connectivity index (χ2n) is 3.17. The molecule has 0 radical (unpaired) electrons. The van der Waals surface area contributed by atoms with Gasteiger partial charge in [-0.05, 0) is 24.6 Å². The molecule has 0 bridgehead atoms. The number of hydrogen-bond donors (Lipinski definition) is 0. The summed E-state index contributed by atoms with van der Waals surface area (Å²) in [5.41, 5.74) is 0.561. The van der Waals surface area contributed by atoms with Crippen LogP contribution in [0.3, 0.4) is 0 Å². The van der Waals surface area contributed by atoms with Gasteiger partial charge in [0.05, 0.1) is 25.3 Å². The lowest BCUT2D eigenvalue weighted by Gasteiger charge is -2.05. The van der Waals surface area contributed by atoms with Crippen LogP contribution in [0.15, 0.2) is 24.3 Å². The van der Waals surface area contributed by atoms with Crippen LogP contribution in [0, 0.1) is 11.3 Å². The van der Waals surface area contributed by atoms with Gasteiger partial charge in [-0.25, -0.2) is 0 Å². The molecule has 16 heavy (non-hydrogen) atoms. The first-order valence-electron chi connectivity index (χ1n) is 4.96. The van der Waals surface area contributed by atoms with Crippen molar-refractivity contribution < 1.29 is 14.3 Å². The summed E-state index contributed by atoms with van der Waals surface area (Å²) >= 11 is 0. The predicted octanol–water partition coefficient (Wildman–Crippen LogP) is 1.89. The molecule has 4 nitrogen and oxygen atoms in total. The van der Waals surface area contributed by atoms with Crippen molar-refractivity contribution in [1.29, 1.82) is 5.26 Å². The summed E-state index contributed by atoms with van der Waals surface area (Å²) < 4.78 is 9.89. The van der Waals surface area contributed by atoms with Crippen LogP contribution in [0.4, 0.5) is 0 Å². The van der Waals surface area contributed by atoms with Crippen LogP contribution in [0.5, 0.6) is 5.75 Å². The van der Waals surface area contributed by atoms with Crippen molar-refractivity contribution in [2.75, 3.05) is 13.7 Å². The molecule has 0 unspecified atom stereocenters. The van der Waals surface area contributed by atoms with Crippen LogP contribution >= 0.6 is 0 Å². The number of ether oxygens (including phenoxy) is 2. The van der Waals surface area contributed by atoms with Crippen molar-refractivity contribution in [3.63, 3.8) is 0 Å². The molecular weight excluding hydrogens is 206 g/mol. The fraction of sp³-hybridized carbons (Fsp3) is 0.333. The van der Waals surface area contributed by atoms with Gasteiger partial charge in [-0.15, -0.1) is 0 Å². The maximum atomic E-state index is 10.8. The number of nitriles is 1. The summed E-state index contributed by atoms with van der Waals surface area (Å²) in [7, 11) is 1.36. The summed E-state index contributed by atoms with van der Waals surface area (Å²) in [5, 5.41) is 8.67. The fourth-order valence-electron chi connectivity index (χ4n) is 1.16. The lowest BCUT2D eigenvalue weighted by atomic mass is 10.2. The number of carbonyl (C=O) groups is 1. The van der Waals surface area contributed by atoms with Gasteiger partial charge in [0.1, 0.15) is 5.75 Å². The maximum Gasteiger partial charge on any atom is 0.305 e. The summed E-state index contributed by atoms with van der Waals surface area (Å²) in [4.78, 5) is 10.8. The SMILES string of the molecule is COC(=O)CCCOc1cccc(C#N)c1. The van der Waals surface area contributed by atoms with E-state index in [1.54, 1.807) is 24.3 Å². The quantitative estimate of drug-likeness (QED) is 0.560. The number of nitrogens with zero attached hydrogens (tertiary/aromatic N) is 1. The van der Waals surface area contributed by atoms with Gasteiger partial charge >= 0.3 is 5.97 Å². The molecule has 4 heteroatoms. The van der Waals surface area contributed by atoms with Crippen molar-refractivity contribution in [1.82, 2.24) is 0 Å². The van der Waals surface area contributed by atoms with Crippen molar-refractivity contribution in [2.45, 2.75) is 12.8 Å². The smallest absolute Gasteiger partial charge is 0.305 e. The minimum absolute atomic E-state index is 0.241. The Morgan fingerprint density at radius 2 is 2.31 bits per heavy atom. The third kappa shape index (κ3) is 4.01. The van der Waals surface area contributed by atoms with E-state index in [0.717, 1.165) is 0 Å². The highest BCUT2D eigenvalue weighted by molar-refractivity contribution is 5.69. The molecule has 0 spiro atoms. The highest BCUT2D eigenvalue weighted by Gasteiger charge is 2.00. The van der Waals surface area contributed by atoms with Gasteiger partial charge < -0.3 is 9.47 Å². The molecular formula is C12H13NO3. The standard InChI is InChI=1S/C12H13NO3/c1-15-12(14)6-3-7-16-11-5-2-4-10(8-11)9-13/h2,4-5,8H,3,6-7H2,1H3. The van der Waals surface area contributed by atoms with Crippen LogP contribution in [-0.2, 0) is 9.53 Å². The summed E-state index contributed by atoms with van der Waals surface area (Å²) in [6.45, 7) is 0.435. The lowest BCUT2D eigenvalue weighted by molar-refractivity contribution is -0.140. The summed E-state index contributed by atoms with van der Waals surface area (Å²) in [6.07, 6.45) is 0.942. The van der Waals surface area contributed by atoms with E-state index >= 15 is 0 Å². The van der Waals surface area contributed by atoms with Crippen LogP contribution < -0.4 is 4.74 Å². The molecule has 0 N–H and O–H groups in total. The molecule has 0 aliphatic heterocycles. The molecule has 0 amide bonds. The minimum Gasteiger partial charge on any atom is -0.494 e. The molecule has 0 heterocycles. The van der Waals surface area contributed by atoms with Crippen LogP contribution in [0.1, 0.15) is 18.4 Å². The average molecular weight is 219 g/mol. The molecule has 84 valence electrons. The van der Waals surface area contributed by atoms with Gasteiger partial charge in [0.2, 0.25) is 0 Å². The average Bonchev–Trinajstić information content (AvgIpc) is 2.34. The Morgan fingerprint density at radius 1 is 1.50 bits per heavy atom. The molecule has 0 fully saturated rings. The topological polar surface area (TPSA) is 59.3 Å². The van der Waals surface area contributed by atoms with Crippen molar-refractivity contribution in [2.24, 2.45) is 0 Å². The van der Waals surface area contributed by atoms with E-state index in [4.69, 9.17) is 10.00 Å². The Morgan fingerprint density at radius 3 is 3.00 bits per heavy atom. The second-order valence-corrected chi connectivity index (χ2v) is 3.17. The van der Waals surface area contributed by atoms with Gasteiger partial charge in [-0.3, -0.25) is 4.79 Å². The number of hydrogen-bond acceptors (Lipinski definition) is 4. The molecule has 1 aromatic carbocycles. The fourth-order valence-corrected chi connectivity index (χ4v) is 1.16. The Bertz CT molecular complexity index is 395. The maximum absolute atomic E-state index is 10.8. The Labute approximate surface area is 94.4 Å². The van der Waals surface area contributed by atoms with Crippen LogP contribution in [-0.4, -0.2) is 19.7 Å². The highest BCUT2D eigenvalue weighted by Crippen LogP contribution is 2.12. The summed E-state index contributed by atoms with van der Waals surface area (Å²) in [6, 6.07) is 8.94. The number of carbonyl (C=O) groups excluding carboxylic acids is 1. The van der Waals surface area contributed by atoms with Gasteiger partial charge in [0.15, 0.2) is 0 Å². The van der Waals surface area contributed by atoms with E-state index in [1.807, 2.05) is 6.07 Å². The zero-order chi connectivity index (χ0) is 11.8. The van der Waals surface area contributed by atoms with Crippen LogP contribution in [0.25, 0.3) is 0 Å². The number of methoxy groups -OCH3 is 1. The number of benzene rings is 1. The van der Waals surface area contributed by atoms with E-state index in [2.05, 4.69) is 4.74 Å². The molecule has 0 aromatic heterocycles. The predicted molar refractivity (Wildman–Crippen MR) is 57.9 cm³/mol. The first-order valence-corrected chi connectivity index (χ1v) is 4.96. The first kappa shape index (κ1) is 12.1. The van der Waals surface area contributed by atoms with E-state index in [9.17, 15) is 4.79 Å². The molecule has 0 atom stereocenters.